The van der Waals surface area contributed by atoms with Gasteiger partial charge in [-0.05, 0) is 12.5 Å². The van der Waals surface area contributed by atoms with E-state index in [-0.39, 0.29) is 12.5 Å². The average molecular weight is 294 g/mol. The van der Waals surface area contributed by atoms with E-state index in [0.717, 1.165) is 0 Å². The van der Waals surface area contributed by atoms with Crippen LogP contribution in [0, 0.1) is 0 Å². The predicted molar refractivity (Wildman–Crippen MR) is 79.2 cm³/mol. The predicted octanol–water partition coefficient (Wildman–Crippen LogP) is 0.596. The van der Waals surface area contributed by atoms with Gasteiger partial charge in [-0.1, -0.05) is 30.3 Å². The highest BCUT2D eigenvalue weighted by Gasteiger charge is 2.21. The summed E-state index contributed by atoms with van der Waals surface area (Å²) in [7, 11) is 1.56. The number of carbonyl (C=O) groups excluding carboxylic acids is 1. The normalized spacial score (nSPS) is 13.4. The lowest BCUT2D eigenvalue weighted by molar-refractivity contribution is -0.139. The molecule has 6 heteroatoms. The first-order valence-electron chi connectivity index (χ1n) is 6.84. The number of nitrogens with one attached hydrogen (secondary N) is 2. The lowest BCUT2D eigenvalue weighted by Crippen LogP contribution is -2.45. The minimum Gasteiger partial charge on any atom is -0.481 e. The smallest absolute Gasteiger partial charge is 0.312 e. The van der Waals surface area contributed by atoms with Gasteiger partial charge >= 0.3 is 5.97 Å². The Labute approximate surface area is 124 Å². The molecular formula is C15H22N2O4. The molecule has 0 saturated carbocycles. The zero-order valence-electron chi connectivity index (χ0n) is 12.3. The third-order valence-electron chi connectivity index (χ3n) is 3.13. The van der Waals surface area contributed by atoms with Crippen molar-refractivity contribution in [2.75, 3.05) is 26.8 Å². The minimum absolute atomic E-state index is 0.177. The van der Waals surface area contributed by atoms with Crippen LogP contribution in [-0.4, -0.2) is 49.8 Å². The van der Waals surface area contributed by atoms with E-state index >= 15 is 0 Å². The summed E-state index contributed by atoms with van der Waals surface area (Å²) < 4.78 is 4.85. The summed E-state index contributed by atoms with van der Waals surface area (Å²) in [4.78, 5) is 23.1. The number of amides is 1. The van der Waals surface area contributed by atoms with Gasteiger partial charge in [0.15, 0.2) is 0 Å². The fourth-order valence-corrected chi connectivity index (χ4v) is 1.85. The van der Waals surface area contributed by atoms with E-state index in [2.05, 4.69) is 10.6 Å². The molecule has 0 heterocycles. The third-order valence-corrected chi connectivity index (χ3v) is 3.13. The summed E-state index contributed by atoms with van der Waals surface area (Å²) in [5.41, 5.74) is 0.712. The molecule has 2 unspecified atom stereocenters. The van der Waals surface area contributed by atoms with Gasteiger partial charge in [-0.15, -0.1) is 0 Å². The highest BCUT2D eigenvalue weighted by Crippen LogP contribution is 2.14. The van der Waals surface area contributed by atoms with Crippen molar-refractivity contribution >= 4 is 11.9 Å². The Morgan fingerprint density at radius 2 is 1.95 bits per heavy atom. The van der Waals surface area contributed by atoms with Crippen LogP contribution in [0.1, 0.15) is 18.4 Å². The number of methoxy groups -OCH3 is 1. The zero-order valence-corrected chi connectivity index (χ0v) is 12.3. The molecule has 0 aromatic heterocycles. The molecule has 0 aliphatic carbocycles. The van der Waals surface area contributed by atoms with Gasteiger partial charge in [-0.2, -0.15) is 0 Å². The van der Waals surface area contributed by atoms with Crippen LogP contribution in [0.3, 0.4) is 0 Å². The second kappa shape index (κ2) is 9.10. The summed E-state index contributed by atoms with van der Waals surface area (Å²) in [5, 5.41) is 15.0. The largest absolute Gasteiger partial charge is 0.481 e. The summed E-state index contributed by atoms with van der Waals surface area (Å²) in [6.45, 7) is 2.77. The maximum Gasteiger partial charge on any atom is 0.312 e. The second-order valence-electron chi connectivity index (χ2n) is 4.72. The number of hydrogen-bond acceptors (Lipinski definition) is 4. The lowest BCUT2D eigenvalue weighted by atomic mass is 9.99. The van der Waals surface area contributed by atoms with Gasteiger partial charge in [0.25, 0.3) is 0 Å². The molecule has 0 saturated heterocycles. The Hall–Kier alpha value is -1.92. The standard InChI is InChI=1S/C15H22N2O4/c1-11(14(18)16-8-9-21-2)17-10-13(15(19)20)12-6-4-3-5-7-12/h3-7,11,13,17H,8-10H2,1-2H3,(H,16,18)(H,19,20). The molecule has 1 aromatic rings. The van der Waals surface area contributed by atoms with Crippen LogP contribution in [0.15, 0.2) is 30.3 Å². The van der Waals surface area contributed by atoms with E-state index in [9.17, 15) is 14.7 Å². The van der Waals surface area contributed by atoms with Crippen molar-refractivity contribution in [3.05, 3.63) is 35.9 Å². The Bertz CT molecular complexity index is 450. The highest BCUT2D eigenvalue weighted by molar-refractivity contribution is 5.81. The molecule has 3 N–H and O–H groups in total. The molecule has 6 nitrogen and oxygen atoms in total. The fraction of sp³-hybridized carbons (Fsp3) is 0.467. The van der Waals surface area contributed by atoms with Crippen molar-refractivity contribution in [1.29, 1.82) is 0 Å². The van der Waals surface area contributed by atoms with Crippen molar-refractivity contribution in [3.63, 3.8) is 0 Å². The van der Waals surface area contributed by atoms with Crippen LogP contribution in [0.25, 0.3) is 0 Å². The Balaban J connectivity index is 2.50. The van der Waals surface area contributed by atoms with Crippen molar-refractivity contribution < 1.29 is 19.4 Å². The number of benzene rings is 1. The van der Waals surface area contributed by atoms with E-state index in [4.69, 9.17) is 4.74 Å². The second-order valence-corrected chi connectivity index (χ2v) is 4.72. The molecule has 0 aliphatic rings. The topological polar surface area (TPSA) is 87.7 Å². The molecule has 1 rings (SSSR count). The Morgan fingerprint density at radius 1 is 1.29 bits per heavy atom. The zero-order chi connectivity index (χ0) is 15.7. The van der Waals surface area contributed by atoms with Crippen LogP contribution in [-0.2, 0) is 14.3 Å². The molecular weight excluding hydrogens is 272 g/mol. The molecule has 0 aliphatic heterocycles. The number of rotatable bonds is 9. The van der Waals surface area contributed by atoms with Gasteiger partial charge < -0.3 is 20.5 Å². The first-order chi connectivity index (χ1) is 10.1. The van der Waals surface area contributed by atoms with Gasteiger partial charge in [-0.3, -0.25) is 9.59 Å². The lowest BCUT2D eigenvalue weighted by Gasteiger charge is -2.18. The van der Waals surface area contributed by atoms with Crippen molar-refractivity contribution in [3.8, 4) is 0 Å². The van der Waals surface area contributed by atoms with Crippen LogP contribution < -0.4 is 10.6 Å². The van der Waals surface area contributed by atoms with Gasteiger partial charge in [-0.25, -0.2) is 0 Å². The monoisotopic (exact) mass is 294 g/mol. The van der Waals surface area contributed by atoms with Gasteiger partial charge in [0.05, 0.1) is 18.6 Å². The summed E-state index contributed by atoms with van der Waals surface area (Å²) >= 11 is 0. The van der Waals surface area contributed by atoms with E-state index in [0.29, 0.717) is 18.7 Å². The van der Waals surface area contributed by atoms with E-state index in [1.165, 1.54) is 0 Å². The molecule has 116 valence electrons. The molecule has 0 bridgehead atoms. The molecule has 0 radical (unpaired) electrons. The minimum atomic E-state index is -0.916. The Kier molecular flexibility index (Phi) is 7.42. The van der Waals surface area contributed by atoms with E-state index in [1.54, 1.807) is 38.3 Å². The Morgan fingerprint density at radius 3 is 2.52 bits per heavy atom. The molecule has 1 amide bonds. The molecule has 21 heavy (non-hydrogen) atoms. The van der Waals surface area contributed by atoms with E-state index < -0.39 is 17.9 Å². The fourth-order valence-electron chi connectivity index (χ4n) is 1.85. The van der Waals surface area contributed by atoms with Crippen molar-refractivity contribution in [2.45, 2.75) is 18.9 Å². The first kappa shape index (κ1) is 17.1. The quantitative estimate of drug-likeness (QED) is 0.580. The average Bonchev–Trinajstić information content (AvgIpc) is 2.48. The molecule has 0 spiro atoms. The van der Waals surface area contributed by atoms with Gasteiger partial charge in [0.2, 0.25) is 5.91 Å². The maximum atomic E-state index is 11.8. The summed E-state index contributed by atoms with van der Waals surface area (Å²) in [6, 6.07) is 8.50. The first-order valence-corrected chi connectivity index (χ1v) is 6.84. The number of carboxylic acids is 1. The maximum absolute atomic E-state index is 11.8. The summed E-state index contributed by atoms with van der Waals surface area (Å²) in [6.07, 6.45) is 0. The molecule has 2 atom stereocenters. The number of hydrogen-bond donors (Lipinski definition) is 3. The van der Waals surface area contributed by atoms with Crippen LogP contribution in [0.4, 0.5) is 0 Å². The number of aliphatic carboxylic acids is 1. The summed E-state index contributed by atoms with van der Waals surface area (Å²) in [5.74, 6) is -1.77. The highest BCUT2D eigenvalue weighted by atomic mass is 16.5. The van der Waals surface area contributed by atoms with E-state index in [1.807, 2.05) is 6.07 Å². The third kappa shape index (κ3) is 5.93. The van der Waals surface area contributed by atoms with Gasteiger partial charge in [0.1, 0.15) is 0 Å². The van der Waals surface area contributed by atoms with Crippen molar-refractivity contribution in [1.82, 2.24) is 10.6 Å². The van der Waals surface area contributed by atoms with Crippen LogP contribution in [0.5, 0.6) is 0 Å². The molecule has 1 aromatic carbocycles. The van der Waals surface area contributed by atoms with Crippen LogP contribution >= 0.6 is 0 Å². The SMILES string of the molecule is COCCNC(=O)C(C)NCC(C(=O)O)c1ccccc1. The number of carboxylic acid groups (broad SMARTS) is 1. The number of ether oxygens (including phenoxy) is 1. The van der Waals surface area contributed by atoms with Crippen molar-refractivity contribution in [2.24, 2.45) is 0 Å². The molecule has 0 fully saturated rings. The number of carbonyl (C=O) groups is 2. The van der Waals surface area contributed by atoms with Crippen LogP contribution in [0.2, 0.25) is 0 Å². The van der Waals surface area contributed by atoms with Gasteiger partial charge in [0, 0.05) is 20.2 Å².